The van der Waals surface area contributed by atoms with Gasteiger partial charge < -0.3 is 10.1 Å². The molecule has 1 saturated heterocycles. The third kappa shape index (κ3) is 4.15. The highest BCUT2D eigenvalue weighted by molar-refractivity contribution is 7.89. The lowest BCUT2D eigenvalue weighted by molar-refractivity contribution is -0.126. The highest BCUT2D eigenvalue weighted by Gasteiger charge is 2.34. The average Bonchev–Trinajstić information content (AvgIpc) is 3.14. The van der Waals surface area contributed by atoms with E-state index in [0.29, 0.717) is 25.1 Å². The van der Waals surface area contributed by atoms with Crippen LogP contribution in [0, 0.1) is 5.92 Å². The molecule has 26 heavy (non-hydrogen) atoms. The van der Waals surface area contributed by atoms with E-state index < -0.39 is 10.0 Å². The van der Waals surface area contributed by atoms with Gasteiger partial charge in [0.05, 0.1) is 22.9 Å². The normalized spacial score (nSPS) is 22.3. The monoisotopic (exact) mass is 400 g/mol. The van der Waals surface area contributed by atoms with Crippen molar-refractivity contribution in [3.63, 3.8) is 0 Å². The van der Waals surface area contributed by atoms with Crippen LogP contribution in [0.2, 0.25) is 5.02 Å². The molecule has 1 aliphatic carbocycles. The summed E-state index contributed by atoms with van der Waals surface area (Å²) < 4.78 is 32.4. The highest BCUT2D eigenvalue weighted by atomic mass is 35.5. The van der Waals surface area contributed by atoms with Crippen LogP contribution in [0.5, 0.6) is 5.75 Å². The van der Waals surface area contributed by atoms with E-state index in [-0.39, 0.29) is 34.3 Å². The van der Waals surface area contributed by atoms with Gasteiger partial charge in [0.1, 0.15) is 5.75 Å². The molecule has 1 N–H and O–H groups in total. The minimum atomic E-state index is -3.69. The summed E-state index contributed by atoms with van der Waals surface area (Å²) >= 11 is 6.08. The maximum absolute atomic E-state index is 12.9. The number of ether oxygens (including phenoxy) is 1. The Hall–Kier alpha value is -1.31. The van der Waals surface area contributed by atoms with Gasteiger partial charge in [0.2, 0.25) is 15.9 Å². The Balaban J connectivity index is 1.71. The summed E-state index contributed by atoms with van der Waals surface area (Å²) in [6.45, 7) is 0.629. The Morgan fingerprint density at radius 2 is 1.96 bits per heavy atom. The largest absolute Gasteiger partial charge is 0.495 e. The molecule has 1 aromatic carbocycles. The molecule has 1 aliphatic heterocycles. The number of hydrogen-bond donors (Lipinski definition) is 1. The number of benzene rings is 1. The Morgan fingerprint density at radius 1 is 1.23 bits per heavy atom. The van der Waals surface area contributed by atoms with Crippen molar-refractivity contribution in [2.75, 3.05) is 20.2 Å². The van der Waals surface area contributed by atoms with Crippen LogP contribution in [0.25, 0.3) is 0 Å². The van der Waals surface area contributed by atoms with Crippen molar-refractivity contribution in [2.45, 2.75) is 49.5 Å². The minimum Gasteiger partial charge on any atom is -0.495 e. The van der Waals surface area contributed by atoms with Crippen LogP contribution in [0.3, 0.4) is 0 Å². The number of carbonyl (C=O) groups excluding carboxylic acids is 1. The van der Waals surface area contributed by atoms with E-state index in [0.717, 1.165) is 25.7 Å². The molecule has 6 nitrogen and oxygen atoms in total. The number of methoxy groups -OCH3 is 1. The summed E-state index contributed by atoms with van der Waals surface area (Å²) in [5.74, 6) is 0.107. The molecule has 0 aromatic heterocycles. The second kappa shape index (κ2) is 8.15. The fourth-order valence-corrected chi connectivity index (χ4v) is 5.59. The van der Waals surface area contributed by atoms with Crippen molar-refractivity contribution in [3.05, 3.63) is 23.2 Å². The van der Waals surface area contributed by atoms with Crippen LogP contribution in [0.15, 0.2) is 23.1 Å². The molecule has 0 unspecified atom stereocenters. The number of rotatable bonds is 5. The molecule has 1 atom stereocenters. The van der Waals surface area contributed by atoms with Gasteiger partial charge in [-0.1, -0.05) is 24.4 Å². The second-order valence-electron chi connectivity index (χ2n) is 6.99. The SMILES string of the molecule is COc1ccc(S(=O)(=O)N2CCC[C@H](C(=O)NC3CCCC3)C2)cc1Cl. The molecule has 0 radical (unpaired) electrons. The van der Waals surface area contributed by atoms with E-state index in [4.69, 9.17) is 16.3 Å². The summed E-state index contributed by atoms with van der Waals surface area (Å²) in [4.78, 5) is 12.7. The molecule has 3 rings (SSSR count). The molecule has 0 spiro atoms. The molecule has 2 fully saturated rings. The Kier molecular flexibility index (Phi) is 6.10. The van der Waals surface area contributed by atoms with Crippen LogP contribution in [0.1, 0.15) is 38.5 Å². The molecule has 1 amide bonds. The van der Waals surface area contributed by atoms with E-state index in [1.165, 1.54) is 23.5 Å². The second-order valence-corrected chi connectivity index (χ2v) is 9.33. The number of carbonyl (C=O) groups is 1. The van der Waals surface area contributed by atoms with Gasteiger partial charge in [-0.15, -0.1) is 0 Å². The van der Waals surface area contributed by atoms with Crippen molar-refractivity contribution in [2.24, 2.45) is 5.92 Å². The van der Waals surface area contributed by atoms with Crippen LogP contribution < -0.4 is 10.1 Å². The quantitative estimate of drug-likeness (QED) is 0.824. The van der Waals surface area contributed by atoms with Crippen LogP contribution in [-0.2, 0) is 14.8 Å². The summed E-state index contributed by atoms with van der Waals surface area (Å²) in [6.07, 6.45) is 5.72. The Morgan fingerprint density at radius 3 is 2.62 bits per heavy atom. The summed E-state index contributed by atoms with van der Waals surface area (Å²) in [6, 6.07) is 4.68. The minimum absolute atomic E-state index is 0.0236. The fraction of sp³-hybridized carbons (Fsp3) is 0.611. The zero-order valence-electron chi connectivity index (χ0n) is 14.9. The number of nitrogens with one attached hydrogen (secondary N) is 1. The van der Waals surface area contributed by atoms with Gasteiger partial charge in [-0.25, -0.2) is 8.42 Å². The van der Waals surface area contributed by atoms with E-state index in [2.05, 4.69) is 5.32 Å². The molecule has 144 valence electrons. The fourth-order valence-electron chi connectivity index (χ4n) is 3.72. The Bertz CT molecular complexity index is 762. The van der Waals surface area contributed by atoms with Gasteiger partial charge in [-0.3, -0.25) is 4.79 Å². The Labute approximate surface area is 159 Å². The number of sulfonamides is 1. The third-order valence-electron chi connectivity index (χ3n) is 5.22. The first-order valence-corrected chi connectivity index (χ1v) is 10.9. The molecule has 2 aliphatic rings. The summed E-state index contributed by atoms with van der Waals surface area (Å²) in [5.41, 5.74) is 0. The molecule has 0 bridgehead atoms. The lowest BCUT2D eigenvalue weighted by Crippen LogP contribution is -2.47. The van der Waals surface area contributed by atoms with Gasteiger partial charge >= 0.3 is 0 Å². The number of halogens is 1. The standard InChI is InChI=1S/C18H25ClN2O4S/c1-25-17-9-8-15(11-16(17)19)26(23,24)21-10-4-5-13(12-21)18(22)20-14-6-2-3-7-14/h8-9,11,13-14H,2-7,10,12H2,1H3,(H,20,22)/t13-/m0/s1. The first-order chi connectivity index (χ1) is 12.4. The maximum atomic E-state index is 12.9. The topological polar surface area (TPSA) is 75.7 Å². The van der Waals surface area contributed by atoms with E-state index in [9.17, 15) is 13.2 Å². The first-order valence-electron chi connectivity index (χ1n) is 9.06. The van der Waals surface area contributed by atoms with Crippen molar-refractivity contribution in [1.82, 2.24) is 9.62 Å². The molecule has 1 aromatic rings. The molecule has 1 heterocycles. The number of amides is 1. The summed E-state index contributed by atoms with van der Waals surface area (Å²) in [7, 11) is -2.21. The van der Waals surface area contributed by atoms with E-state index >= 15 is 0 Å². The molecular formula is C18H25ClN2O4S. The zero-order chi connectivity index (χ0) is 18.7. The highest BCUT2D eigenvalue weighted by Crippen LogP contribution is 2.30. The van der Waals surface area contributed by atoms with Gasteiger partial charge in [0.25, 0.3) is 0 Å². The first kappa shape index (κ1) is 19.5. The van der Waals surface area contributed by atoms with Crippen molar-refractivity contribution in [1.29, 1.82) is 0 Å². The van der Waals surface area contributed by atoms with Crippen LogP contribution in [-0.4, -0.2) is 44.9 Å². The predicted octanol–water partition coefficient (Wildman–Crippen LogP) is 2.81. The van der Waals surface area contributed by atoms with Gasteiger partial charge in [0, 0.05) is 19.1 Å². The summed E-state index contributed by atoms with van der Waals surface area (Å²) in [5, 5.41) is 3.34. The van der Waals surface area contributed by atoms with E-state index in [1.807, 2.05) is 0 Å². The van der Waals surface area contributed by atoms with E-state index in [1.54, 1.807) is 6.07 Å². The number of piperidine rings is 1. The average molecular weight is 401 g/mol. The molecular weight excluding hydrogens is 376 g/mol. The lowest BCUT2D eigenvalue weighted by atomic mass is 9.98. The van der Waals surface area contributed by atoms with Crippen molar-refractivity contribution < 1.29 is 17.9 Å². The zero-order valence-corrected chi connectivity index (χ0v) is 16.5. The van der Waals surface area contributed by atoms with Gasteiger partial charge in [0.15, 0.2) is 0 Å². The van der Waals surface area contributed by atoms with Crippen LogP contribution in [0.4, 0.5) is 0 Å². The molecule has 1 saturated carbocycles. The predicted molar refractivity (Wildman–Crippen MR) is 99.9 cm³/mol. The molecule has 8 heteroatoms. The number of hydrogen-bond acceptors (Lipinski definition) is 4. The van der Waals surface area contributed by atoms with Crippen LogP contribution >= 0.6 is 11.6 Å². The lowest BCUT2D eigenvalue weighted by Gasteiger charge is -2.32. The third-order valence-corrected chi connectivity index (χ3v) is 7.37. The van der Waals surface area contributed by atoms with Gasteiger partial charge in [-0.05, 0) is 43.9 Å². The smallest absolute Gasteiger partial charge is 0.243 e. The van der Waals surface area contributed by atoms with Crippen molar-refractivity contribution >= 4 is 27.5 Å². The van der Waals surface area contributed by atoms with Crippen molar-refractivity contribution in [3.8, 4) is 5.75 Å². The van der Waals surface area contributed by atoms with Gasteiger partial charge in [-0.2, -0.15) is 4.31 Å². The maximum Gasteiger partial charge on any atom is 0.243 e. The number of nitrogens with zero attached hydrogens (tertiary/aromatic N) is 1.